The summed E-state index contributed by atoms with van der Waals surface area (Å²) in [4.78, 5) is 6.16. The maximum absolute atomic E-state index is 12.4. The number of aryl methyl sites for hydroxylation is 1. The number of hydrogen-bond acceptors (Lipinski definition) is 7. The van der Waals surface area contributed by atoms with Gasteiger partial charge in [0.1, 0.15) is 12.1 Å². The van der Waals surface area contributed by atoms with Crippen molar-refractivity contribution < 1.29 is 23.0 Å². The monoisotopic (exact) mass is 580 g/mol. The minimum Gasteiger partial charge on any atom is -0.406 e. The van der Waals surface area contributed by atoms with E-state index >= 15 is 0 Å². The summed E-state index contributed by atoms with van der Waals surface area (Å²) in [5.74, 6) is 0.618. The quantitative estimate of drug-likeness (QED) is 0.191. The van der Waals surface area contributed by atoms with Crippen LogP contribution in [0.25, 0.3) is 17.1 Å². The molecule has 1 aliphatic rings. The lowest BCUT2D eigenvalue weighted by Gasteiger charge is -2.32. The summed E-state index contributed by atoms with van der Waals surface area (Å²) < 4.78 is 42.5. The molecule has 0 bridgehead atoms. The van der Waals surface area contributed by atoms with Crippen LogP contribution in [0.3, 0.4) is 0 Å². The van der Waals surface area contributed by atoms with Gasteiger partial charge < -0.3 is 9.84 Å². The summed E-state index contributed by atoms with van der Waals surface area (Å²) in [7, 11) is 0. The number of alkyl halides is 3. The summed E-state index contributed by atoms with van der Waals surface area (Å²) >= 11 is 1.45. The second-order valence-corrected chi connectivity index (χ2v) is 10.5. The van der Waals surface area contributed by atoms with Crippen molar-refractivity contribution in [3.63, 3.8) is 0 Å². The Kier molecular flexibility index (Phi) is 8.13. The predicted octanol–water partition coefficient (Wildman–Crippen LogP) is 6.44. The van der Waals surface area contributed by atoms with Gasteiger partial charge in [0.25, 0.3) is 0 Å². The molecule has 1 N–H and O–H groups in total. The highest BCUT2D eigenvalue weighted by Crippen LogP contribution is 2.38. The van der Waals surface area contributed by atoms with Gasteiger partial charge in [-0.05, 0) is 54.8 Å². The molecule has 1 saturated heterocycles. The smallest absolute Gasteiger partial charge is 0.406 e. The van der Waals surface area contributed by atoms with E-state index in [1.807, 2.05) is 47.4 Å². The van der Waals surface area contributed by atoms with E-state index in [1.54, 1.807) is 13.1 Å². The van der Waals surface area contributed by atoms with Gasteiger partial charge in [-0.3, -0.25) is 4.90 Å². The van der Waals surface area contributed by atoms with Gasteiger partial charge in [-0.25, -0.2) is 9.67 Å². The Morgan fingerprint density at radius 3 is 2.51 bits per heavy atom. The lowest BCUT2D eigenvalue weighted by molar-refractivity contribution is -0.274. The van der Waals surface area contributed by atoms with E-state index in [0.717, 1.165) is 35.2 Å². The number of thioether (sulfide) groups is 1. The molecule has 0 radical (unpaired) electrons. The SMILES string of the molecule is CCCc1ccccc1N1/C(=N/N=C/c2ccc(-c3ncn(-c4ccc(OC(F)(F)F)cc4)n3)cc2)SCC1(C)O. The largest absolute Gasteiger partial charge is 0.573 e. The molecule has 12 heteroatoms. The summed E-state index contributed by atoms with van der Waals surface area (Å²) in [6, 6.07) is 20.8. The Balaban J connectivity index is 1.28. The molecule has 1 fully saturated rings. The van der Waals surface area contributed by atoms with Gasteiger partial charge in [0.05, 0.1) is 11.9 Å². The van der Waals surface area contributed by atoms with Crippen molar-refractivity contribution in [2.24, 2.45) is 10.2 Å². The number of benzene rings is 3. The second-order valence-electron chi connectivity index (χ2n) is 9.52. The first kappa shape index (κ1) is 28.4. The van der Waals surface area contributed by atoms with Gasteiger partial charge in [-0.15, -0.1) is 23.4 Å². The zero-order chi connectivity index (χ0) is 29.0. The molecule has 1 aliphatic heterocycles. The minimum absolute atomic E-state index is 0.310. The number of aliphatic hydroxyl groups is 1. The molecular formula is C29H27F3N6O2S. The Labute approximate surface area is 239 Å². The number of nitrogens with zero attached hydrogens (tertiary/aromatic N) is 6. The average Bonchev–Trinajstić information content (AvgIpc) is 3.54. The summed E-state index contributed by atoms with van der Waals surface area (Å²) in [5, 5.41) is 24.8. The van der Waals surface area contributed by atoms with E-state index in [2.05, 4.69) is 38.0 Å². The number of anilines is 1. The van der Waals surface area contributed by atoms with Crippen molar-refractivity contribution in [3.8, 4) is 22.8 Å². The number of amidine groups is 1. The lowest BCUT2D eigenvalue weighted by Crippen LogP contribution is -2.45. The first-order valence-corrected chi connectivity index (χ1v) is 13.8. The Hall–Kier alpha value is -4.16. The minimum atomic E-state index is -4.75. The summed E-state index contributed by atoms with van der Waals surface area (Å²) in [6.45, 7) is 3.90. The van der Waals surface area contributed by atoms with Crippen molar-refractivity contribution in [2.45, 2.75) is 38.8 Å². The number of aromatic nitrogens is 3. The highest BCUT2D eigenvalue weighted by molar-refractivity contribution is 8.14. The van der Waals surface area contributed by atoms with Gasteiger partial charge in [0.2, 0.25) is 0 Å². The first-order chi connectivity index (χ1) is 19.6. The average molecular weight is 581 g/mol. The molecule has 41 heavy (non-hydrogen) atoms. The van der Waals surface area contributed by atoms with E-state index in [4.69, 9.17) is 0 Å². The highest BCUT2D eigenvalue weighted by atomic mass is 32.2. The van der Waals surface area contributed by atoms with Crippen LogP contribution >= 0.6 is 11.8 Å². The van der Waals surface area contributed by atoms with Crippen LogP contribution in [0.2, 0.25) is 0 Å². The summed E-state index contributed by atoms with van der Waals surface area (Å²) in [5.41, 5.74) is 3.10. The molecule has 0 spiro atoms. The molecule has 1 aromatic heterocycles. The molecule has 8 nitrogen and oxygen atoms in total. The zero-order valence-corrected chi connectivity index (χ0v) is 23.1. The van der Waals surface area contributed by atoms with Crippen LogP contribution in [-0.4, -0.2) is 49.1 Å². The third-order valence-electron chi connectivity index (χ3n) is 6.25. The van der Waals surface area contributed by atoms with Gasteiger partial charge in [-0.1, -0.05) is 67.6 Å². The van der Waals surface area contributed by atoms with Crippen molar-refractivity contribution in [1.82, 2.24) is 14.8 Å². The van der Waals surface area contributed by atoms with Crippen LogP contribution in [-0.2, 0) is 6.42 Å². The van der Waals surface area contributed by atoms with Crippen molar-refractivity contribution in [2.75, 3.05) is 10.7 Å². The van der Waals surface area contributed by atoms with Crippen LogP contribution in [0.5, 0.6) is 5.75 Å². The standard InChI is InChI=1S/C29H27F3N6O2S/c1-3-6-21-7-4-5-8-25(21)38-27(41-18-28(38,2)39)35-34-17-20-9-11-22(12-10-20)26-33-19-37(36-26)23-13-15-24(16-14-23)40-29(30,31)32/h4-5,7-17,19,39H,3,6,18H2,1-2H3/b34-17+,35-27-. The lowest BCUT2D eigenvalue weighted by atomic mass is 10.1. The molecule has 5 rings (SSSR count). The molecule has 3 aromatic carbocycles. The summed E-state index contributed by atoms with van der Waals surface area (Å²) in [6.07, 6.45) is 0.260. The molecule has 0 aliphatic carbocycles. The fourth-order valence-electron chi connectivity index (χ4n) is 4.37. The topological polar surface area (TPSA) is 88.1 Å². The molecule has 0 saturated carbocycles. The zero-order valence-electron chi connectivity index (χ0n) is 22.3. The second kappa shape index (κ2) is 11.8. The number of rotatable bonds is 8. The Morgan fingerprint density at radius 1 is 1.07 bits per heavy atom. The molecule has 1 atom stereocenters. The van der Waals surface area contributed by atoms with E-state index in [0.29, 0.717) is 22.4 Å². The Morgan fingerprint density at radius 2 is 1.80 bits per heavy atom. The van der Waals surface area contributed by atoms with Crippen molar-refractivity contribution in [3.05, 3.63) is 90.3 Å². The predicted molar refractivity (Wildman–Crippen MR) is 155 cm³/mol. The van der Waals surface area contributed by atoms with Gasteiger partial charge in [0.15, 0.2) is 16.7 Å². The number of hydrogen-bond donors (Lipinski definition) is 1. The first-order valence-electron chi connectivity index (χ1n) is 12.9. The number of para-hydroxylation sites is 1. The van der Waals surface area contributed by atoms with Crippen LogP contribution < -0.4 is 9.64 Å². The van der Waals surface area contributed by atoms with Crippen LogP contribution in [0, 0.1) is 0 Å². The third-order valence-corrected chi connectivity index (χ3v) is 7.46. The number of ether oxygens (including phenoxy) is 1. The molecule has 1 unspecified atom stereocenters. The van der Waals surface area contributed by atoms with Crippen LogP contribution in [0.4, 0.5) is 18.9 Å². The third kappa shape index (κ3) is 6.77. The van der Waals surface area contributed by atoms with E-state index in [1.165, 1.54) is 47.0 Å². The normalized spacial score (nSPS) is 18.5. The van der Waals surface area contributed by atoms with E-state index in [-0.39, 0.29) is 5.75 Å². The fraction of sp³-hybridized carbons (Fsp3) is 0.241. The maximum atomic E-state index is 12.4. The van der Waals surface area contributed by atoms with E-state index in [9.17, 15) is 18.3 Å². The molecule has 0 amide bonds. The maximum Gasteiger partial charge on any atom is 0.573 e. The van der Waals surface area contributed by atoms with Crippen molar-refractivity contribution >= 4 is 28.8 Å². The molecule has 4 aromatic rings. The fourth-order valence-corrected chi connectivity index (χ4v) is 5.43. The van der Waals surface area contributed by atoms with Crippen LogP contribution in [0.1, 0.15) is 31.4 Å². The molecule has 2 heterocycles. The highest BCUT2D eigenvalue weighted by Gasteiger charge is 2.41. The van der Waals surface area contributed by atoms with Gasteiger partial charge in [0, 0.05) is 17.0 Å². The van der Waals surface area contributed by atoms with Crippen LogP contribution in [0.15, 0.2) is 89.3 Å². The number of halogens is 3. The molecule has 212 valence electrons. The Bertz CT molecular complexity index is 1550. The molecular weight excluding hydrogens is 553 g/mol. The van der Waals surface area contributed by atoms with Gasteiger partial charge in [-0.2, -0.15) is 5.10 Å². The van der Waals surface area contributed by atoms with E-state index < -0.39 is 12.1 Å². The van der Waals surface area contributed by atoms with Gasteiger partial charge >= 0.3 is 6.36 Å². The van der Waals surface area contributed by atoms with Crippen molar-refractivity contribution in [1.29, 1.82) is 0 Å².